The smallest absolute Gasteiger partial charge is 0.480 e. The second kappa shape index (κ2) is 9.13. The lowest BCUT2D eigenvalue weighted by atomic mass is 9.79. The van der Waals surface area contributed by atoms with Crippen molar-refractivity contribution in [3.8, 4) is 0 Å². The lowest BCUT2D eigenvalue weighted by Crippen LogP contribution is -2.43. The van der Waals surface area contributed by atoms with Crippen LogP contribution in [-0.2, 0) is 27.3 Å². The van der Waals surface area contributed by atoms with Crippen LogP contribution < -0.4 is 21.6 Å². The minimum absolute atomic E-state index is 0.00294. The van der Waals surface area contributed by atoms with Crippen LogP contribution in [0.25, 0.3) is 0 Å². The standard InChI is InChI=1S/C20H20B2N2O8/c25-18(11-1-3-13-9-31-21(29)15(13)7-11)23-6-5-17(20(27)28)24-19(26)12-2-4-14-10-32-22(30)16(14)8-12/h1-4,7-8,17,29-30H,5-6,9-10H2,(H,23,25)(H,24,26)(H,27,28)/t17-/m0/s1. The van der Waals surface area contributed by atoms with Crippen LogP contribution in [0.2, 0.25) is 0 Å². The van der Waals surface area contributed by atoms with Crippen molar-refractivity contribution < 1.29 is 38.8 Å². The number of carboxylic acid groups (broad SMARTS) is 1. The molecule has 10 nitrogen and oxygen atoms in total. The van der Waals surface area contributed by atoms with Crippen LogP contribution in [0.1, 0.15) is 38.3 Å². The van der Waals surface area contributed by atoms with Crippen molar-refractivity contribution in [1.82, 2.24) is 10.6 Å². The second-order valence-corrected chi connectivity index (χ2v) is 7.56. The van der Waals surface area contributed by atoms with Crippen molar-refractivity contribution in [2.24, 2.45) is 0 Å². The van der Waals surface area contributed by atoms with E-state index in [-0.39, 0.29) is 31.7 Å². The highest BCUT2D eigenvalue weighted by atomic mass is 16.5. The number of benzene rings is 2. The van der Waals surface area contributed by atoms with E-state index in [2.05, 4.69) is 10.6 Å². The van der Waals surface area contributed by atoms with E-state index in [0.29, 0.717) is 16.5 Å². The largest absolute Gasteiger partial charge is 0.491 e. The fourth-order valence-electron chi connectivity index (χ4n) is 3.64. The van der Waals surface area contributed by atoms with Crippen LogP contribution in [0.3, 0.4) is 0 Å². The van der Waals surface area contributed by atoms with Gasteiger partial charge in [0.25, 0.3) is 11.8 Å². The number of aliphatic carboxylic acids is 1. The minimum Gasteiger partial charge on any atom is -0.480 e. The number of hydrogen-bond acceptors (Lipinski definition) is 7. The van der Waals surface area contributed by atoms with E-state index in [0.717, 1.165) is 11.1 Å². The Kier molecular flexibility index (Phi) is 6.28. The number of hydrogen-bond donors (Lipinski definition) is 5. The highest BCUT2D eigenvalue weighted by Gasteiger charge is 2.30. The molecule has 0 spiro atoms. The van der Waals surface area contributed by atoms with E-state index in [1.165, 1.54) is 18.2 Å². The van der Waals surface area contributed by atoms with Crippen molar-refractivity contribution in [2.75, 3.05) is 6.54 Å². The predicted molar refractivity (Wildman–Crippen MR) is 114 cm³/mol. The Labute approximate surface area is 183 Å². The van der Waals surface area contributed by atoms with Crippen LogP contribution >= 0.6 is 0 Å². The van der Waals surface area contributed by atoms with Gasteiger partial charge in [-0.2, -0.15) is 0 Å². The molecular formula is C20H20B2N2O8. The van der Waals surface area contributed by atoms with Gasteiger partial charge in [0.05, 0.1) is 13.2 Å². The third-order valence-electron chi connectivity index (χ3n) is 5.46. The van der Waals surface area contributed by atoms with Crippen molar-refractivity contribution in [3.05, 3.63) is 58.7 Å². The zero-order chi connectivity index (χ0) is 22.8. The maximum atomic E-state index is 12.5. The number of carbonyl (C=O) groups excluding carboxylic acids is 2. The first-order valence-corrected chi connectivity index (χ1v) is 10.0. The van der Waals surface area contributed by atoms with E-state index in [1.54, 1.807) is 18.2 Å². The number of carbonyl (C=O) groups is 3. The monoisotopic (exact) mass is 438 g/mol. The topological polar surface area (TPSA) is 154 Å². The molecule has 2 amide bonds. The zero-order valence-electron chi connectivity index (χ0n) is 16.9. The van der Waals surface area contributed by atoms with Gasteiger partial charge in [0.15, 0.2) is 0 Å². The van der Waals surface area contributed by atoms with Crippen molar-refractivity contribution >= 4 is 42.9 Å². The molecule has 5 N–H and O–H groups in total. The predicted octanol–water partition coefficient (Wildman–Crippen LogP) is -1.87. The molecule has 0 saturated carbocycles. The zero-order valence-corrected chi connectivity index (χ0v) is 16.9. The molecule has 2 heterocycles. The van der Waals surface area contributed by atoms with Gasteiger partial charge in [-0.05, 0) is 52.7 Å². The number of fused-ring (bicyclic) bond motifs is 2. The molecular weight excluding hydrogens is 418 g/mol. The lowest BCUT2D eigenvalue weighted by Gasteiger charge is -2.15. The molecule has 1 atom stereocenters. The van der Waals surface area contributed by atoms with Gasteiger partial charge in [0, 0.05) is 17.7 Å². The highest BCUT2D eigenvalue weighted by Crippen LogP contribution is 2.13. The molecule has 164 valence electrons. The summed E-state index contributed by atoms with van der Waals surface area (Å²) in [5.74, 6) is -2.29. The van der Waals surface area contributed by atoms with E-state index in [1.807, 2.05) is 0 Å². The Morgan fingerprint density at radius 1 is 0.906 bits per heavy atom. The summed E-state index contributed by atoms with van der Waals surface area (Å²) >= 11 is 0. The summed E-state index contributed by atoms with van der Waals surface area (Å²) in [7, 11) is -2.19. The molecule has 0 radical (unpaired) electrons. The average molecular weight is 438 g/mol. The molecule has 0 unspecified atom stereocenters. The van der Waals surface area contributed by atoms with Crippen molar-refractivity contribution in [1.29, 1.82) is 0 Å². The number of amides is 2. The Hall–Kier alpha value is -3.18. The molecule has 2 aliphatic heterocycles. The van der Waals surface area contributed by atoms with Gasteiger partial charge in [-0.3, -0.25) is 9.59 Å². The normalized spacial score (nSPS) is 15.2. The molecule has 2 aliphatic rings. The quantitative estimate of drug-likeness (QED) is 0.315. The SMILES string of the molecule is O=C(NCC[C@H](NC(=O)c1ccc2c(c1)B(O)OC2)C(=O)O)c1ccc2c(c1)B(O)OC2. The third-order valence-corrected chi connectivity index (χ3v) is 5.46. The average Bonchev–Trinajstić information content (AvgIpc) is 3.34. The summed E-state index contributed by atoms with van der Waals surface area (Å²) in [5.41, 5.74) is 3.07. The summed E-state index contributed by atoms with van der Waals surface area (Å²) < 4.78 is 10.2. The molecule has 0 aromatic heterocycles. The summed E-state index contributed by atoms with van der Waals surface area (Å²) in [4.78, 5) is 36.5. The number of nitrogens with one attached hydrogen (secondary N) is 2. The van der Waals surface area contributed by atoms with Crippen LogP contribution in [0.5, 0.6) is 0 Å². The van der Waals surface area contributed by atoms with Gasteiger partial charge in [0.2, 0.25) is 0 Å². The molecule has 4 rings (SSSR count). The van der Waals surface area contributed by atoms with Gasteiger partial charge < -0.3 is 35.1 Å². The summed E-state index contributed by atoms with van der Waals surface area (Å²) in [6, 6.07) is 8.24. The Morgan fingerprint density at radius 3 is 1.97 bits per heavy atom. The molecule has 32 heavy (non-hydrogen) atoms. The van der Waals surface area contributed by atoms with E-state index >= 15 is 0 Å². The minimum atomic E-state index is -1.24. The summed E-state index contributed by atoms with van der Waals surface area (Å²) in [5, 5.41) is 34.0. The molecule has 2 aromatic rings. The molecule has 12 heteroatoms. The maximum absolute atomic E-state index is 12.5. The summed E-state index contributed by atoms with van der Waals surface area (Å²) in [6.07, 6.45) is -0.0415. The van der Waals surface area contributed by atoms with Gasteiger partial charge >= 0.3 is 20.2 Å². The summed E-state index contributed by atoms with van der Waals surface area (Å²) in [6.45, 7) is 0.517. The highest BCUT2D eigenvalue weighted by molar-refractivity contribution is 6.62. The van der Waals surface area contributed by atoms with Gasteiger partial charge in [0.1, 0.15) is 6.04 Å². The first-order valence-electron chi connectivity index (χ1n) is 10.0. The van der Waals surface area contributed by atoms with Crippen LogP contribution in [0.4, 0.5) is 0 Å². The van der Waals surface area contributed by atoms with Crippen molar-refractivity contribution in [2.45, 2.75) is 25.7 Å². The Balaban J connectivity index is 1.34. The Bertz CT molecular complexity index is 1080. The number of rotatable bonds is 7. The van der Waals surface area contributed by atoms with Gasteiger partial charge in [-0.25, -0.2) is 4.79 Å². The van der Waals surface area contributed by atoms with E-state index < -0.39 is 38.1 Å². The fraction of sp³-hybridized carbons (Fsp3) is 0.250. The first kappa shape index (κ1) is 22.0. The molecule has 2 aromatic carbocycles. The maximum Gasteiger partial charge on any atom is 0.491 e. The van der Waals surface area contributed by atoms with Crippen LogP contribution in [-0.4, -0.2) is 59.8 Å². The van der Waals surface area contributed by atoms with Crippen LogP contribution in [0.15, 0.2) is 36.4 Å². The fourth-order valence-corrected chi connectivity index (χ4v) is 3.64. The third kappa shape index (κ3) is 4.53. The van der Waals surface area contributed by atoms with E-state index in [9.17, 15) is 29.5 Å². The molecule has 0 saturated heterocycles. The molecule has 0 bridgehead atoms. The Morgan fingerprint density at radius 2 is 1.44 bits per heavy atom. The second-order valence-electron chi connectivity index (χ2n) is 7.56. The first-order chi connectivity index (χ1) is 15.3. The molecule has 0 aliphatic carbocycles. The van der Waals surface area contributed by atoms with Crippen LogP contribution in [0, 0.1) is 0 Å². The van der Waals surface area contributed by atoms with Gasteiger partial charge in [-0.1, -0.05) is 12.1 Å². The number of carboxylic acids is 1. The molecule has 0 fully saturated rings. The van der Waals surface area contributed by atoms with E-state index in [4.69, 9.17) is 9.31 Å². The van der Waals surface area contributed by atoms with Crippen molar-refractivity contribution in [3.63, 3.8) is 0 Å². The lowest BCUT2D eigenvalue weighted by molar-refractivity contribution is -0.139. The van der Waals surface area contributed by atoms with Gasteiger partial charge in [-0.15, -0.1) is 0 Å².